The lowest BCUT2D eigenvalue weighted by molar-refractivity contribution is 0.0943. The molecular weight excluding hydrogens is 462 g/mol. The zero-order chi connectivity index (χ0) is 24.1. The van der Waals surface area contributed by atoms with E-state index in [0.717, 1.165) is 17.7 Å². The zero-order valence-electron chi connectivity index (χ0n) is 19.5. The second kappa shape index (κ2) is 8.47. The number of carbonyl (C=O) groups excluding carboxylic acids is 1. The molecule has 1 aliphatic carbocycles. The number of benzene rings is 4. The lowest BCUT2D eigenvalue weighted by Gasteiger charge is -2.11. The summed E-state index contributed by atoms with van der Waals surface area (Å²) in [5, 5.41) is 5.77. The maximum Gasteiger partial charge on any atom is 0.270 e. The Bertz CT molecular complexity index is 1730. The van der Waals surface area contributed by atoms with Gasteiger partial charge in [0, 0.05) is 37.8 Å². The van der Waals surface area contributed by atoms with Crippen molar-refractivity contribution in [2.24, 2.45) is 0 Å². The van der Waals surface area contributed by atoms with Gasteiger partial charge in [-0.05, 0) is 41.3 Å². The van der Waals surface area contributed by atoms with Crippen molar-refractivity contribution in [1.29, 1.82) is 0 Å². The van der Waals surface area contributed by atoms with Crippen molar-refractivity contribution in [3.63, 3.8) is 0 Å². The highest BCUT2D eigenvalue weighted by atomic mass is 32.1. The highest BCUT2D eigenvalue weighted by molar-refractivity contribution is 7.26. The fourth-order valence-corrected chi connectivity index (χ4v) is 6.37. The van der Waals surface area contributed by atoms with Crippen LogP contribution in [0.3, 0.4) is 0 Å². The molecule has 36 heavy (non-hydrogen) atoms. The summed E-state index contributed by atoms with van der Waals surface area (Å²) in [5.74, 6) is 0.296. The molecule has 2 heterocycles. The number of fused-ring (bicyclic) bond motifs is 3. The molecule has 0 saturated heterocycles. The molecule has 0 spiro atoms. The quantitative estimate of drug-likeness (QED) is 0.281. The Kier molecular flexibility index (Phi) is 4.96. The van der Waals surface area contributed by atoms with Crippen LogP contribution in [0.4, 0.5) is 0 Å². The van der Waals surface area contributed by atoms with Gasteiger partial charge in [-0.25, -0.2) is 4.98 Å². The number of thiophene rings is 1. The normalized spacial score (nSPS) is 16.9. The highest BCUT2D eigenvalue weighted by Gasteiger charge is 2.39. The summed E-state index contributed by atoms with van der Waals surface area (Å²) in [7, 11) is 0. The molecule has 5 heteroatoms. The fraction of sp³-hybridized carbons (Fsp3) is 0.0968. The fourth-order valence-electron chi connectivity index (χ4n) is 5.13. The summed E-state index contributed by atoms with van der Waals surface area (Å²) in [6.45, 7) is 0. The molecule has 0 bridgehead atoms. The number of hydrogen-bond donors (Lipinski definition) is 1. The van der Waals surface area contributed by atoms with Crippen LogP contribution in [0.5, 0.6) is 0 Å². The first-order chi connectivity index (χ1) is 17.8. The summed E-state index contributed by atoms with van der Waals surface area (Å²) in [4.78, 5) is 17.5. The lowest BCUT2D eigenvalue weighted by atomic mass is 10.0. The third kappa shape index (κ3) is 3.60. The van der Waals surface area contributed by atoms with E-state index in [1.807, 2.05) is 46.2 Å². The molecular formula is C31H23N3OS. The molecule has 7 rings (SSSR count). The van der Waals surface area contributed by atoms with Crippen molar-refractivity contribution in [2.45, 2.75) is 18.4 Å². The molecule has 6 aromatic rings. The number of imidazole rings is 1. The van der Waals surface area contributed by atoms with E-state index >= 15 is 0 Å². The Morgan fingerprint density at radius 3 is 2.61 bits per heavy atom. The average Bonchev–Trinajstić information content (AvgIpc) is 3.34. The van der Waals surface area contributed by atoms with E-state index in [1.165, 1.54) is 31.3 Å². The Morgan fingerprint density at radius 1 is 0.889 bits per heavy atom. The largest absolute Gasteiger partial charge is 0.347 e. The molecule has 1 fully saturated rings. The Morgan fingerprint density at radius 2 is 1.69 bits per heavy atom. The van der Waals surface area contributed by atoms with Crippen LogP contribution in [0.25, 0.3) is 37.0 Å². The van der Waals surface area contributed by atoms with E-state index in [-0.39, 0.29) is 11.9 Å². The predicted octanol–water partition coefficient (Wildman–Crippen LogP) is 7.19. The van der Waals surface area contributed by atoms with Gasteiger partial charge in [-0.15, -0.1) is 11.3 Å². The average molecular weight is 486 g/mol. The molecule has 4 aromatic carbocycles. The topological polar surface area (TPSA) is 46.9 Å². The minimum Gasteiger partial charge on any atom is -0.347 e. The number of carbonyl (C=O) groups is 1. The van der Waals surface area contributed by atoms with Gasteiger partial charge >= 0.3 is 0 Å². The summed E-state index contributed by atoms with van der Waals surface area (Å²) in [6.07, 6.45) is 4.34. The molecule has 1 saturated carbocycles. The second-order valence-electron chi connectivity index (χ2n) is 9.31. The van der Waals surface area contributed by atoms with Crippen LogP contribution >= 0.6 is 11.3 Å². The first-order valence-corrected chi connectivity index (χ1v) is 13.0. The molecule has 1 N–H and O–H groups in total. The number of aromatic nitrogens is 2. The maximum absolute atomic E-state index is 13.2. The van der Waals surface area contributed by atoms with Gasteiger partial charge in [-0.3, -0.25) is 9.36 Å². The van der Waals surface area contributed by atoms with Gasteiger partial charge in [0.25, 0.3) is 5.91 Å². The van der Waals surface area contributed by atoms with E-state index in [1.54, 1.807) is 12.5 Å². The molecule has 174 valence electrons. The van der Waals surface area contributed by atoms with Crippen molar-refractivity contribution < 1.29 is 4.79 Å². The van der Waals surface area contributed by atoms with E-state index in [9.17, 15) is 4.79 Å². The van der Waals surface area contributed by atoms with Gasteiger partial charge in [0.15, 0.2) is 0 Å². The first kappa shape index (κ1) is 21.1. The Labute approximate surface area is 212 Å². The van der Waals surface area contributed by atoms with Crippen molar-refractivity contribution in [3.8, 4) is 16.8 Å². The molecule has 1 amide bonds. The minimum absolute atomic E-state index is 0.0899. The van der Waals surface area contributed by atoms with Crippen molar-refractivity contribution in [1.82, 2.24) is 14.9 Å². The molecule has 2 aromatic heterocycles. The zero-order valence-corrected chi connectivity index (χ0v) is 20.3. The minimum atomic E-state index is -0.0899. The Hall–Kier alpha value is -4.22. The maximum atomic E-state index is 13.2. The van der Waals surface area contributed by atoms with Crippen LogP contribution in [0, 0.1) is 0 Å². The van der Waals surface area contributed by atoms with Crippen LogP contribution in [0.2, 0.25) is 0 Å². The van der Waals surface area contributed by atoms with E-state index in [0.29, 0.717) is 11.6 Å². The molecule has 4 nitrogen and oxygen atoms in total. The molecule has 2 atom stereocenters. The second-order valence-corrected chi connectivity index (χ2v) is 10.4. The molecule has 1 unspecified atom stereocenters. The van der Waals surface area contributed by atoms with Crippen molar-refractivity contribution in [3.05, 3.63) is 121 Å². The SMILES string of the molecule is O=C(NC1C[C@@H]1c1ccccc1)c1cncn1-c1cccc(-c2cccc3c2sc2ccccc23)c1. The number of nitrogens with one attached hydrogen (secondary N) is 1. The smallest absolute Gasteiger partial charge is 0.270 e. The number of rotatable bonds is 5. The van der Waals surface area contributed by atoms with Crippen molar-refractivity contribution >= 4 is 37.4 Å². The van der Waals surface area contributed by atoms with Crippen LogP contribution in [0.15, 0.2) is 110 Å². The van der Waals surface area contributed by atoms with Gasteiger partial charge in [0.1, 0.15) is 5.69 Å². The first-order valence-electron chi connectivity index (χ1n) is 12.2. The summed E-state index contributed by atoms with van der Waals surface area (Å²) in [5.41, 5.74) is 5.07. The number of hydrogen-bond acceptors (Lipinski definition) is 3. The van der Waals surface area contributed by atoms with Crippen LogP contribution in [-0.4, -0.2) is 21.5 Å². The summed E-state index contributed by atoms with van der Waals surface area (Å²) < 4.78 is 4.45. The van der Waals surface area contributed by atoms with Gasteiger partial charge in [-0.2, -0.15) is 0 Å². The van der Waals surface area contributed by atoms with Gasteiger partial charge in [0.2, 0.25) is 0 Å². The van der Waals surface area contributed by atoms with Gasteiger partial charge in [0.05, 0.1) is 12.5 Å². The third-order valence-corrected chi connectivity index (χ3v) is 8.27. The van der Waals surface area contributed by atoms with Crippen LogP contribution in [0.1, 0.15) is 28.4 Å². The molecule has 0 aliphatic heterocycles. The van der Waals surface area contributed by atoms with Crippen LogP contribution in [-0.2, 0) is 0 Å². The summed E-state index contributed by atoms with van der Waals surface area (Å²) in [6, 6.07) is 33.9. The van der Waals surface area contributed by atoms with E-state index in [2.05, 4.69) is 77.0 Å². The van der Waals surface area contributed by atoms with Gasteiger partial charge < -0.3 is 5.32 Å². The van der Waals surface area contributed by atoms with E-state index < -0.39 is 0 Å². The van der Waals surface area contributed by atoms with Gasteiger partial charge in [-0.1, -0.05) is 78.9 Å². The van der Waals surface area contributed by atoms with Crippen molar-refractivity contribution in [2.75, 3.05) is 0 Å². The lowest BCUT2D eigenvalue weighted by Crippen LogP contribution is -2.28. The monoisotopic (exact) mass is 485 g/mol. The number of nitrogens with zero attached hydrogens (tertiary/aromatic N) is 2. The summed E-state index contributed by atoms with van der Waals surface area (Å²) >= 11 is 1.82. The molecule has 0 radical (unpaired) electrons. The predicted molar refractivity (Wildman–Crippen MR) is 147 cm³/mol. The highest BCUT2D eigenvalue weighted by Crippen LogP contribution is 2.41. The standard InChI is InChI=1S/C31H23N3OS/c35-31(33-27-17-26(27)20-8-2-1-3-9-20)28-18-32-19-34(28)22-11-6-10-21(16-22)23-13-7-14-25-24-12-4-5-15-29(24)36-30(23)25/h1-16,18-19,26-27H,17H2,(H,33,35)/t26-,27?/m1/s1. The third-order valence-electron chi connectivity index (χ3n) is 7.05. The number of amides is 1. The van der Waals surface area contributed by atoms with E-state index in [4.69, 9.17) is 0 Å². The molecule has 1 aliphatic rings. The van der Waals surface area contributed by atoms with Crippen LogP contribution < -0.4 is 5.32 Å². The Balaban J connectivity index is 1.20.